The molecule has 1 fully saturated rings. The maximum atomic E-state index is 12.9. The number of carbonyl (C=O) groups is 1. The molecule has 0 spiro atoms. The minimum absolute atomic E-state index is 0.131. The minimum atomic E-state index is -3.46. The number of aryl methyl sites for hydroxylation is 3. The van der Waals surface area contributed by atoms with Gasteiger partial charge in [-0.15, -0.1) is 0 Å². The Kier molecular flexibility index (Phi) is 7.16. The van der Waals surface area contributed by atoms with Crippen LogP contribution in [0.15, 0.2) is 71.6 Å². The molecule has 1 aliphatic rings. The van der Waals surface area contributed by atoms with Crippen molar-refractivity contribution in [2.24, 2.45) is 0 Å². The van der Waals surface area contributed by atoms with Gasteiger partial charge in [0.1, 0.15) is 0 Å². The van der Waals surface area contributed by atoms with Gasteiger partial charge in [-0.05, 0) is 62.2 Å². The van der Waals surface area contributed by atoms with Crippen molar-refractivity contribution in [3.8, 4) is 0 Å². The topological polar surface area (TPSA) is 69.7 Å². The van der Waals surface area contributed by atoms with Crippen LogP contribution in [0.25, 0.3) is 0 Å². The molecule has 0 radical (unpaired) electrons. The molecule has 0 bridgehead atoms. The average molecular weight is 478 g/mol. The number of sulfonamides is 1. The zero-order chi connectivity index (χ0) is 24.3. The second kappa shape index (κ2) is 10.1. The van der Waals surface area contributed by atoms with E-state index in [0.29, 0.717) is 36.6 Å². The zero-order valence-electron chi connectivity index (χ0n) is 19.9. The summed E-state index contributed by atoms with van der Waals surface area (Å²) in [5.74, 6) is -0.131. The fraction of sp³-hybridized carbons (Fsp3) is 0.296. The first-order chi connectivity index (χ1) is 16.2. The summed E-state index contributed by atoms with van der Waals surface area (Å²) in [5, 5.41) is 2.98. The third kappa shape index (κ3) is 5.55. The van der Waals surface area contributed by atoms with E-state index in [2.05, 4.69) is 10.2 Å². The van der Waals surface area contributed by atoms with Crippen LogP contribution in [0.3, 0.4) is 0 Å². The summed E-state index contributed by atoms with van der Waals surface area (Å²) >= 11 is 0. The molecule has 1 amide bonds. The zero-order valence-corrected chi connectivity index (χ0v) is 20.7. The third-order valence-corrected chi connectivity index (χ3v) is 8.16. The van der Waals surface area contributed by atoms with Crippen LogP contribution in [0.2, 0.25) is 0 Å². The van der Waals surface area contributed by atoms with Gasteiger partial charge in [0.15, 0.2) is 0 Å². The lowest BCUT2D eigenvalue weighted by Crippen LogP contribution is -2.48. The molecular formula is C27H31N3O3S. The van der Waals surface area contributed by atoms with Crippen LogP contribution in [0.4, 0.5) is 5.69 Å². The maximum Gasteiger partial charge on any atom is 0.255 e. The first-order valence-electron chi connectivity index (χ1n) is 11.5. The highest BCUT2D eigenvalue weighted by atomic mass is 32.2. The van der Waals surface area contributed by atoms with E-state index in [9.17, 15) is 13.2 Å². The van der Waals surface area contributed by atoms with E-state index in [4.69, 9.17) is 0 Å². The predicted octanol–water partition coefficient (Wildman–Crippen LogP) is 4.37. The van der Waals surface area contributed by atoms with Gasteiger partial charge >= 0.3 is 0 Å². The molecule has 1 N–H and O–H groups in total. The molecule has 1 saturated heterocycles. The van der Waals surface area contributed by atoms with Gasteiger partial charge in [0.2, 0.25) is 10.0 Å². The van der Waals surface area contributed by atoms with Gasteiger partial charge < -0.3 is 5.32 Å². The Morgan fingerprint density at radius 2 is 1.44 bits per heavy atom. The van der Waals surface area contributed by atoms with Gasteiger partial charge in [-0.1, -0.05) is 47.5 Å². The van der Waals surface area contributed by atoms with Crippen LogP contribution < -0.4 is 5.32 Å². The summed E-state index contributed by atoms with van der Waals surface area (Å²) in [4.78, 5) is 15.2. The lowest BCUT2D eigenvalue weighted by molar-refractivity contribution is 0.102. The van der Waals surface area contributed by atoms with E-state index in [1.54, 1.807) is 16.4 Å². The highest BCUT2D eigenvalue weighted by Crippen LogP contribution is 2.20. The number of rotatable bonds is 6. The Morgan fingerprint density at radius 3 is 2.06 bits per heavy atom. The normalized spacial score (nSPS) is 15.3. The monoisotopic (exact) mass is 477 g/mol. The molecule has 178 valence electrons. The Morgan fingerprint density at radius 1 is 0.824 bits per heavy atom. The van der Waals surface area contributed by atoms with E-state index >= 15 is 0 Å². The Bertz CT molecular complexity index is 1260. The molecule has 7 heteroatoms. The fourth-order valence-electron chi connectivity index (χ4n) is 4.16. The molecule has 0 aliphatic carbocycles. The highest BCUT2D eigenvalue weighted by Gasteiger charge is 2.28. The largest absolute Gasteiger partial charge is 0.322 e. The van der Waals surface area contributed by atoms with E-state index in [1.807, 2.05) is 75.4 Å². The number of amides is 1. The van der Waals surface area contributed by atoms with Crippen molar-refractivity contribution < 1.29 is 13.2 Å². The van der Waals surface area contributed by atoms with Gasteiger partial charge in [-0.25, -0.2) is 8.42 Å². The number of benzene rings is 3. The number of carbonyl (C=O) groups excluding carboxylic acids is 1. The summed E-state index contributed by atoms with van der Waals surface area (Å²) in [5.41, 5.74) is 5.76. The predicted molar refractivity (Wildman–Crippen MR) is 136 cm³/mol. The van der Waals surface area contributed by atoms with Crippen molar-refractivity contribution in [3.63, 3.8) is 0 Å². The lowest BCUT2D eigenvalue weighted by atomic mass is 10.1. The number of nitrogens with zero attached hydrogens (tertiary/aromatic N) is 2. The molecule has 34 heavy (non-hydrogen) atoms. The van der Waals surface area contributed by atoms with E-state index in [-0.39, 0.29) is 5.91 Å². The molecule has 3 aromatic rings. The third-order valence-electron chi connectivity index (χ3n) is 6.24. The molecule has 1 aliphatic heterocycles. The molecule has 0 atom stereocenters. The summed E-state index contributed by atoms with van der Waals surface area (Å²) in [6.45, 7) is 8.94. The number of hydrogen-bond donors (Lipinski definition) is 1. The van der Waals surface area contributed by atoms with E-state index in [1.165, 1.54) is 0 Å². The fourth-order valence-corrected chi connectivity index (χ4v) is 5.58. The van der Waals surface area contributed by atoms with E-state index < -0.39 is 10.0 Å². The van der Waals surface area contributed by atoms with Crippen LogP contribution in [-0.2, 0) is 16.6 Å². The Labute approximate surface area is 202 Å². The van der Waals surface area contributed by atoms with Crippen molar-refractivity contribution in [3.05, 3.63) is 94.5 Å². The van der Waals surface area contributed by atoms with Crippen LogP contribution in [0.1, 0.15) is 32.6 Å². The van der Waals surface area contributed by atoms with Crippen molar-refractivity contribution in [2.75, 3.05) is 31.5 Å². The minimum Gasteiger partial charge on any atom is -0.322 e. The maximum absolute atomic E-state index is 12.9. The second-order valence-electron chi connectivity index (χ2n) is 8.96. The van der Waals surface area contributed by atoms with Gasteiger partial charge in [-0.3, -0.25) is 9.69 Å². The number of anilines is 1. The summed E-state index contributed by atoms with van der Waals surface area (Å²) in [6, 6.07) is 20.6. The smallest absolute Gasteiger partial charge is 0.255 e. The number of hydrogen-bond acceptors (Lipinski definition) is 4. The SMILES string of the molecule is Cc1ccc(S(=O)(=O)N2CCN(Cc3ccc(C(=O)Nc4ccc(C)cc4C)cc3)CC2)cc1. The summed E-state index contributed by atoms with van der Waals surface area (Å²) in [7, 11) is -3.46. The number of nitrogens with one attached hydrogen (secondary N) is 1. The number of piperazine rings is 1. The first kappa shape index (κ1) is 24.1. The molecule has 3 aromatic carbocycles. The van der Waals surface area contributed by atoms with Gasteiger partial charge in [0.05, 0.1) is 4.90 Å². The van der Waals surface area contributed by atoms with Crippen molar-refractivity contribution in [1.29, 1.82) is 0 Å². The van der Waals surface area contributed by atoms with Crippen LogP contribution in [0.5, 0.6) is 0 Å². The molecule has 0 saturated carbocycles. The van der Waals surface area contributed by atoms with Crippen LogP contribution >= 0.6 is 0 Å². The van der Waals surface area contributed by atoms with Gasteiger partial charge in [0, 0.05) is 44.0 Å². The first-order valence-corrected chi connectivity index (χ1v) is 12.9. The molecular weight excluding hydrogens is 446 g/mol. The summed E-state index contributed by atoms with van der Waals surface area (Å²) < 4.78 is 27.4. The lowest BCUT2D eigenvalue weighted by Gasteiger charge is -2.34. The van der Waals surface area contributed by atoms with Crippen molar-refractivity contribution in [2.45, 2.75) is 32.2 Å². The molecule has 0 aromatic heterocycles. The molecule has 0 unspecified atom stereocenters. The molecule has 6 nitrogen and oxygen atoms in total. The summed E-state index contributed by atoms with van der Waals surface area (Å²) in [6.07, 6.45) is 0. The Hall–Kier alpha value is -3.00. The van der Waals surface area contributed by atoms with Crippen molar-refractivity contribution in [1.82, 2.24) is 9.21 Å². The van der Waals surface area contributed by atoms with Crippen LogP contribution in [-0.4, -0.2) is 49.7 Å². The van der Waals surface area contributed by atoms with Gasteiger partial charge in [0.25, 0.3) is 5.91 Å². The van der Waals surface area contributed by atoms with Crippen molar-refractivity contribution >= 4 is 21.6 Å². The quantitative estimate of drug-likeness (QED) is 0.572. The molecule has 4 rings (SSSR count). The second-order valence-corrected chi connectivity index (χ2v) is 10.9. The highest BCUT2D eigenvalue weighted by molar-refractivity contribution is 7.89. The average Bonchev–Trinajstić information content (AvgIpc) is 2.82. The van der Waals surface area contributed by atoms with Crippen LogP contribution in [0, 0.1) is 20.8 Å². The standard InChI is InChI=1S/C27H31N3O3S/c1-20-4-11-25(12-5-20)34(32,33)30-16-14-29(15-17-30)19-23-7-9-24(10-8-23)27(31)28-26-13-6-21(2)18-22(26)3/h4-13,18H,14-17,19H2,1-3H3,(H,28,31). The molecule has 1 heterocycles. The Balaban J connectivity index is 1.32. The van der Waals surface area contributed by atoms with E-state index in [0.717, 1.165) is 34.5 Å². The van der Waals surface area contributed by atoms with Gasteiger partial charge in [-0.2, -0.15) is 4.31 Å².